The van der Waals surface area contributed by atoms with E-state index in [9.17, 15) is 23.1 Å². The smallest absolute Gasteiger partial charge is 0.487 e. The Kier molecular flexibility index (Phi) is 7.24. The molecule has 2 atom stereocenters. The number of carbonyl (C=O) groups is 1. The van der Waals surface area contributed by atoms with Crippen LogP contribution in [0.5, 0.6) is 11.5 Å². The van der Waals surface area contributed by atoms with Crippen molar-refractivity contribution in [2.24, 2.45) is 13.0 Å². The highest BCUT2D eigenvalue weighted by Gasteiger charge is 2.35. The average molecular weight is 543 g/mol. The summed E-state index contributed by atoms with van der Waals surface area (Å²) in [7, 11) is 1.83. The molecule has 39 heavy (non-hydrogen) atoms. The quantitative estimate of drug-likeness (QED) is 0.295. The first-order chi connectivity index (χ1) is 18.6. The van der Waals surface area contributed by atoms with Gasteiger partial charge in [-0.1, -0.05) is 25.0 Å². The van der Waals surface area contributed by atoms with Gasteiger partial charge >= 0.3 is 12.3 Å². The molecular formula is C28H29F3N4O4. The predicted molar refractivity (Wildman–Crippen MR) is 137 cm³/mol. The molecule has 1 fully saturated rings. The van der Waals surface area contributed by atoms with Crippen LogP contribution in [0.2, 0.25) is 0 Å². The van der Waals surface area contributed by atoms with Crippen molar-refractivity contribution in [1.82, 2.24) is 19.3 Å². The minimum atomic E-state index is -4.78. The van der Waals surface area contributed by atoms with Gasteiger partial charge in [-0.25, -0.2) is 4.98 Å². The molecule has 11 heteroatoms. The Balaban J connectivity index is 1.52. The molecule has 0 bridgehead atoms. The zero-order valence-corrected chi connectivity index (χ0v) is 21.6. The Morgan fingerprint density at radius 2 is 1.92 bits per heavy atom. The fourth-order valence-electron chi connectivity index (χ4n) is 5.32. The van der Waals surface area contributed by atoms with Crippen molar-refractivity contribution in [2.75, 3.05) is 0 Å². The molecule has 1 aliphatic rings. The lowest BCUT2D eigenvalue weighted by Crippen LogP contribution is -2.27. The van der Waals surface area contributed by atoms with Crippen LogP contribution < -0.4 is 9.47 Å². The first-order valence-corrected chi connectivity index (χ1v) is 12.8. The summed E-state index contributed by atoms with van der Waals surface area (Å²) in [6.45, 7) is 2.13. The Labute approximate surface area is 223 Å². The topological polar surface area (TPSA) is 91.4 Å². The number of carboxylic acid groups (broad SMARTS) is 1. The maximum atomic E-state index is 12.8. The maximum absolute atomic E-state index is 12.8. The minimum absolute atomic E-state index is 0.259. The third-order valence-electron chi connectivity index (χ3n) is 7.13. The lowest BCUT2D eigenvalue weighted by atomic mass is 9.78. The summed E-state index contributed by atoms with van der Waals surface area (Å²) in [5.74, 6) is -0.682. The van der Waals surface area contributed by atoms with Gasteiger partial charge in [0, 0.05) is 31.8 Å². The summed E-state index contributed by atoms with van der Waals surface area (Å²) in [5.41, 5.74) is 3.31. The van der Waals surface area contributed by atoms with Crippen molar-refractivity contribution >= 4 is 17.0 Å². The molecule has 0 aliphatic heterocycles. The van der Waals surface area contributed by atoms with Gasteiger partial charge in [-0.2, -0.15) is 5.10 Å². The first kappa shape index (κ1) is 26.6. The van der Waals surface area contributed by atoms with E-state index in [0.29, 0.717) is 42.0 Å². The first-order valence-electron chi connectivity index (χ1n) is 12.8. The number of imidazole rings is 1. The Morgan fingerprint density at radius 1 is 1.13 bits per heavy atom. The van der Waals surface area contributed by atoms with E-state index in [1.165, 1.54) is 6.07 Å². The van der Waals surface area contributed by atoms with E-state index >= 15 is 0 Å². The highest BCUT2D eigenvalue weighted by Crippen LogP contribution is 2.39. The highest BCUT2D eigenvalue weighted by molar-refractivity contribution is 5.79. The van der Waals surface area contributed by atoms with E-state index in [1.807, 2.05) is 42.1 Å². The fourth-order valence-corrected chi connectivity index (χ4v) is 5.32. The second-order valence-electron chi connectivity index (χ2n) is 9.96. The number of hydrogen-bond donors (Lipinski definition) is 1. The monoisotopic (exact) mass is 542 g/mol. The number of carboxylic acids is 1. The molecule has 2 aromatic heterocycles. The molecule has 1 saturated carbocycles. The van der Waals surface area contributed by atoms with Crippen LogP contribution in [0.3, 0.4) is 0 Å². The third kappa shape index (κ3) is 6.02. The molecule has 0 saturated heterocycles. The van der Waals surface area contributed by atoms with Gasteiger partial charge in [-0.3, -0.25) is 9.48 Å². The highest BCUT2D eigenvalue weighted by atomic mass is 19.4. The Hall–Kier alpha value is -4.02. The molecule has 0 spiro atoms. The van der Waals surface area contributed by atoms with Gasteiger partial charge in [0.2, 0.25) is 0 Å². The Morgan fingerprint density at radius 3 is 2.62 bits per heavy atom. The number of ether oxygens (including phenoxy) is 2. The van der Waals surface area contributed by atoms with Crippen LogP contribution in [0.15, 0.2) is 48.7 Å². The van der Waals surface area contributed by atoms with Crippen LogP contribution in [-0.4, -0.2) is 36.8 Å². The molecule has 1 N–H and O–H groups in total. The van der Waals surface area contributed by atoms with Crippen molar-refractivity contribution in [3.05, 3.63) is 71.3 Å². The van der Waals surface area contributed by atoms with Crippen molar-refractivity contribution in [1.29, 1.82) is 0 Å². The lowest BCUT2D eigenvalue weighted by Gasteiger charge is -2.28. The van der Waals surface area contributed by atoms with Crippen molar-refractivity contribution in [3.8, 4) is 11.5 Å². The number of aryl methyl sites for hydroxylation is 2. The van der Waals surface area contributed by atoms with Crippen LogP contribution in [0.1, 0.15) is 54.2 Å². The van der Waals surface area contributed by atoms with E-state index in [2.05, 4.69) is 9.84 Å². The fraction of sp³-hybridized carbons (Fsp3) is 0.393. The molecule has 206 valence electrons. The normalized spacial score (nSPS) is 17.9. The van der Waals surface area contributed by atoms with Gasteiger partial charge in [0.15, 0.2) is 0 Å². The summed E-state index contributed by atoms with van der Waals surface area (Å²) in [5, 5.41) is 14.3. The van der Waals surface area contributed by atoms with Gasteiger partial charge in [0.25, 0.3) is 0 Å². The molecule has 2 heterocycles. The zero-order chi connectivity index (χ0) is 27.7. The van der Waals surface area contributed by atoms with Crippen LogP contribution in [0.25, 0.3) is 11.0 Å². The summed E-state index contributed by atoms with van der Waals surface area (Å²) in [4.78, 5) is 17.0. The number of alkyl halides is 3. The van der Waals surface area contributed by atoms with Crippen LogP contribution >= 0.6 is 0 Å². The van der Waals surface area contributed by atoms with Crippen LogP contribution in [0, 0.1) is 12.8 Å². The summed E-state index contributed by atoms with van der Waals surface area (Å²) < 4.78 is 52.1. The number of rotatable bonds is 8. The second kappa shape index (κ2) is 10.6. The number of benzene rings is 2. The van der Waals surface area contributed by atoms with Gasteiger partial charge in [0.1, 0.15) is 23.9 Å². The van der Waals surface area contributed by atoms with Gasteiger partial charge in [-0.15, -0.1) is 13.2 Å². The summed E-state index contributed by atoms with van der Waals surface area (Å²) >= 11 is 0. The average Bonchev–Trinajstić information content (AvgIpc) is 3.46. The number of nitrogens with zero attached hydrogens (tertiary/aromatic N) is 4. The number of aromatic nitrogens is 4. The molecule has 5 rings (SSSR count). The number of fused-ring (bicyclic) bond motifs is 1. The van der Waals surface area contributed by atoms with Crippen molar-refractivity contribution < 1.29 is 32.5 Å². The van der Waals surface area contributed by atoms with Gasteiger partial charge in [-0.05, 0) is 55.2 Å². The molecule has 0 unspecified atom stereocenters. The SMILES string of the molecule is Cc1cc(Cn2c([C@@H]3CCCC[C@@H]3C(=O)O)nc3ccc(OCc4ccn(C)n4)cc32)ccc1OC(F)(F)F. The van der Waals surface area contributed by atoms with E-state index in [4.69, 9.17) is 9.72 Å². The number of halogens is 3. The van der Waals surface area contributed by atoms with Crippen LogP contribution in [0.4, 0.5) is 13.2 Å². The maximum Gasteiger partial charge on any atom is 0.573 e. The molecule has 0 radical (unpaired) electrons. The lowest BCUT2D eigenvalue weighted by molar-refractivity contribution is -0.274. The molecule has 4 aromatic rings. The van der Waals surface area contributed by atoms with Crippen molar-refractivity contribution in [2.45, 2.75) is 58.0 Å². The predicted octanol–water partition coefficient (Wildman–Crippen LogP) is 5.96. The molecular weight excluding hydrogens is 513 g/mol. The largest absolute Gasteiger partial charge is 0.573 e. The molecule has 2 aromatic carbocycles. The summed E-state index contributed by atoms with van der Waals surface area (Å²) in [6.07, 6.45) is 0.0699. The van der Waals surface area contributed by atoms with E-state index in [1.54, 1.807) is 23.7 Å². The van der Waals surface area contributed by atoms with Gasteiger partial charge < -0.3 is 19.1 Å². The minimum Gasteiger partial charge on any atom is -0.487 e. The zero-order valence-electron chi connectivity index (χ0n) is 21.6. The summed E-state index contributed by atoms with van der Waals surface area (Å²) in [6, 6.07) is 11.9. The van der Waals surface area contributed by atoms with Gasteiger partial charge in [0.05, 0.1) is 22.6 Å². The third-order valence-corrected chi connectivity index (χ3v) is 7.13. The number of aliphatic carboxylic acids is 1. The standard InChI is InChI=1S/C28H29F3N4O4/c1-17-13-18(7-10-25(17)39-28(29,30)31)15-35-24-14-20(38-16-19-11-12-34(2)33-19)8-9-23(24)32-26(35)21-5-3-4-6-22(21)27(36)37/h7-14,21-22H,3-6,15-16H2,1-2H3,(H,36,37)/t21-,22+/m1/s1. The molecule has 1 aliphatic carbocycles. The van der Waals surface area contributed by atoms with Crippen molar-refractivity contribution in [3.63, 3.8) is 0 Å². The van der Waals surface area contributed by atoms with Crippen LogP contribution in [-0.2, 0) is 25.0 Å². The van der Waals surface area contributed by atoms with E-state index in [-0.39, 0.29) is 18.3 Å². The second-order valence-corrected chi connectivity index (χ2v) is 9.96. The van der Waals surface area contributed by atoms with E-state index in [0.717, 1.165) is 29.6 Å². The molecule has 8 nitrogen and oxygen atoms in total. The molecule has 0 amide bonds. The Bertz CT molecular complexity index is 1490. The van der Waals surface area contributed by atoms with E-state index < -0.39 is 18.2 Å². The number of hydrogen-bond acceptors (Lipinski definition) is 5.